The topological polar surface area (TPSA) is 82.9 Å². The smallest absolute Gasteiger partial charge is 0.246 e. The van der Waals surface area contributed by atoms with E-state index in [2.05, 4.69) is 4.72 Å². The number of amides is 1. The molecule has 0 bridgehead atoms. The number of nitrogens with one attached hydrogen (secondary N) is 1. The first-order valence-electron chi connectivity index (χ1n) is 10.7. The van der Waals surface area contributed by atoms with Crippen molar-refractivity contribution in [2.75, 3.05) is 27.2 Å². The van der Waals surface area contributed by atoms with Gasteiger partial charge in [0.2, 0.25) is 15.9 Å². The third-order valence-corrected chi connectivity index (χ3v) is 6.49. The number of carbonyl (C=O) groups is 1. The van der Waals surface area contributed by atoms with E-state index < -0.39 is 10.0 Å². The van der Waals surface area contributed by atoms with Gasteiger partial charge in [0.05, 0.1) is 17.7 Å². The van der Waals surface area contributed by atoms with Crippen molar-refractivity contribution in [2.24, 2.45) is 0 Å². The number of likely N-dealkylation sites (N-methyl/N-ethyl adjacent to an activating group) is 1. The number of furan rings is 1. The summed E-state index contributed by atoms with van der Waals surface area (Å²) in [6.45, 7) is 1.27. The van der Waals surface area contributed by atoms with Gasteiger partial charge in [0, 0.05) is 31.3 Å². The molecule has 0 saturated heterocycles. The van der Waals surface area contributed by atoms with Gasteiger partial charge in [-0.3, -0.25) is 4.79 Å². The second-order valence-electron chi connectivity index (χ2n) is 7.96. The Labute approximate surface area is 199 Å². The molecule has 0 fully saturated rings. The van der Waals surface area contributed by atoms with Gasteiger partial charge in [0.25, 0.3) is 0 Å². The van der Waals surface area contributed by atoms with Gasteiger partial charge < -0.3 is 14.2 Å². The summed E-state index contributed by atoms with van der Waals surface area (Å²) < 4.78 is 46.6. The molecule has 1 heterocycles. The van der Waals surface area contributed by atoms with Crippen molar-refractivity contribution < 1.29 is 22.0 Å². The number of carbonyl (C=O) groups excluding carboxylic acids is 1. The number of benzene rings is 2. The van der Waals surface area contributed by atoms with Crippen LogP contribution >= 0.6 is 0 Å². The summed E-state index contributed by atoms with van der Waals surface area (Å²) in [6, 6.07) is 15.9. The molecule has 0 aliphatic carbocycles. The van der Waals surface area contributed by atoms with Crippen molar-refractivity contribution in [3.05, 3.63) is 95.7 Å². The molecule has 34 heavy (non-hydrogen) atoms. The number of rotatable bonds is 11. The molecule has 0 aliphatic rings. The molecule has 2 aromatic carbocycles. The van der Waals surface area contributed by atoms with Crippen LogP contribution in [-0.2, 0) is 27.9 Å². The highest BCUT2D eigenvalue weighted by Gasteiger charge is 2.15. The van der Waals surface area contributed by atoms with Gasteiger partial charge in [-0.25, -0.2) is 17.5 Å². The standard InChI is InChI=1S/C25H28FN3O4S/c1-28(2)15-16-29(19-21-6-3-4-8-24(21)26)25(30)14-11-20-9-12-23(13-10-20)34(31,32)27-18-22-7-5-17-33-22/h3-14,17,27H,15-16,18-19H2,1-2H3/b14-11+. The highest BCUT2D eigenvalue weighted by Crippen LogP contribution is 2.14. The molecule has 0 aliphatic heterocycles. The van der Waals surface area contributed by atoms with Crippen molar-refractivity contribution in [3.8, 4) is 0 Å². The molecule has 180 valence electrons. The lowest BCUT2D eigenvalue weighted by molar-refractivity contribution is -0.126. The summed E-state index contributed by atoms with van der Waals surface area (Å²) in [6.07, 6.45) is 4.50. The predicted octanol–water partition coefficient (Wildman–Crippen LogP) is 3.50. The van der Waals surface area contributed by atoms with Crippen molar-refractivity contribution >= 4 is 22.0 Å². The number of nitrogens with zero attached hydrogens (tertiary/aromatic N) is 2. The van der Waals surface area contributed by atoms with E-state index in [9.17, 15) is 17.6 Å². The normalized spacial score (nSPS) is 11.9. The minimum Gasteiger partial charge on any atom is -0.468 e. The van der Waals surface area contributed by atoms with Crippen molar-refractivity contribution in [1.29, 1.82) is 0 Å². The van der Waals surface area contributed by atoms with E-state index in [1.807, 2.05) is 19.0 Å². The third-order valence-electron chi connectivity index (χ3n) is 5.07. The van der Waals surface area contributed by atoms with Crippen LogP contribution in [0.3, 0.4) is 0 Å². The fourth-order valence-electron chi connectivity index (χ4n) is 3.11. The Morgan fingerprint density at radius 2 is 1.76 bits per heavy atom. The molecule has 0 atom stereocenters. The second kappa shape index (κ2) is 11.7. The van der Waals surface area contributed by atoms with Crippen LogP contribution < -0.4 is 4.72 Å². The Morgan fingerprint density at radius 1 is 1.03 bits per heavy atom. The van der Waals surface area contributed by atoms with Crippen molar-refractivity contribution in [2.45, 2.75) is 18.0 Å². The molecule has 1 aromatic heterocycles. The Hall–Kier alpha value is -3.27. The lowest BCUT2D eigenvalue weighted by Gasteiger charge is -2.23. The predicted molar refractivity (Wildman–Crippen MR) is 129 cm³/mol. The van der Waals surface area contributed by atoms with Crippen LogP contribution in [0.1, 0.15) is 16.9 Å². The molecule has 1 amide bonds. The Balaban J connectivity index is 1.66. The maximum atomic E-state index is 14.1. The largest absolute Gasteiger partial charge is 0.468 e. The number of sulfonamides is 1. The lowest BCUT2D eigenvalue weighted by atomic mass is 10.2. The lowest BCUT2D eigenvalue weighted by Crippen LogP contribution is -2.35. The second-order valence-corrected chi connectivity index (χ2v) is 9.73. The van der Waals surface area contributed by atoms with E-state index in [1.165, 1.54) is 30.5 Å². The summed E-state index contributed by atoms with van der Waals surface area (Å²) in [7, 11) is 0.105. The van der Waals surface area contributed by atoms with Gasteiger partial charge in [0.15, 0.2) is 0 Å². The molecule has 7 nitrogen and oxygen atoms in total. The molecular formula is C25H28FN3O4S. The Morgan fingerprint density at radius 3 is 2.41 bits per heavy atom. The minimum absolute atomic E-state index is 0.0519. The molecule has 9 heteroatoms. The van der Waals surface area contributed by atoms with Gasteiger partial charge in [-0.2, -0.15) is 0 Å². The maximum Gasteiger partial charge on any atom is 0.246 e. The summed E-state index contributed by atoms with van der Waals surface area (Å²) in [4.78, 5) is 16.5. The quantitative estimate of drug-likeness (QED) is 0.421. The van der Waals surface area contributed by atoms with Crippen molar-refractivity contribution in [1.82, 2.24) is 14.5 Å². The first kappa shape index (κ1) is 25.4. The molecule has 0 saturated carbocycles. The molecule has 3 aromatic rings. The maximum absolute atomic E-state index is 14.1. The van der Waals surface area contributed by atoms with E-state index in [-0.39, 0.29) is 29.7 Å². The van der Waals surface area contributed by atoms with Crippen LogP contribution in [0.2, 0.25) is 0 Å². The summed E-state index contributed by atoms with van der Waals surface area (Å²) in [5.41, 5.74) is 1.11. The van der Waals surface area contributed by atoms with Crippen LogP contribution in [0.4, 0.5) is 4.39 Å². The molecule has 0 unspecified atom stereocenters. The zero-order valence-electron chi connectivity index (χ0n) is 19.1. The SMILES string of the molecule is CN(C)CCN(Cc1ccccc1F)C(=O)/C=C/c1ccc(S(=O)(=O)NCc2ccco2)cc1. The zero-order valence-corrected chi connectivity index (χ0v) is 20.0. The summed E-state index contributed by atoms with van der Waals surface area (Å²) >= 11 is 0. The third kappa shape index (κ3) is 7.38. The zero-order chi connectivity index (χ0) is 24.6. The van der Waals surface area contributed by atoms with Gasteiger partial charge in [0.1, 0.15) is 11.6 Å². The summed E-state index contributed by atoms with van der Waals surface area (Å²) in [5, 5.41) is 0. The first-order chi connectivity index (χ1) is 16.2. The van der Waals surface area contributed by atoms with Gasteiger partial charge >= 0.3 is 0 Å². The fourth-order valence-corrected chi connectivity index (χ4v) is 4.11. The highest BCUT2D eigenvalue weighted by molar-refractivity contribution is 7.89. The number of hydrogen-bond donors (Lipinski definition) is 1. The van der Waals surface area contributed by atoms with E-state index >= 15 is 0 Å². The number of halogens is 1. The average Bonchev–Trinajstić information content (AvgIpc) is 3.34. The molecule has 1 N–H and O–H groups in total. The van der Waals surface area contributed by atoms with E-state index in [1.54, 1.807) is 53.4 Å². The Kier molecular flexibility index (Phi) is 8.75. The van der Waals surface area contributed by atoms with Crippen LogP contribution in [-0.4, -0.2) is 51.3 Å². The van der Waals surface area contributed by atoms with Crippen LogP contribution in [0.15, 0.2) is 82.3 Å². The monoisotopic (exact) mass is 485 g/mol. The van der Waals surface area contributed by atoms with Gasteiger partial charge in [-0.15, -0.1) is 0 Å². The van der Waals surface area contributed by atoms with Crippen LogP contribution in [0.5, 0.6) is 0 Å². The summed E-state index contributed by atoms with van der Waals surface area (Å²) in [5.74, 6) is -0.107. The van der Waals surface area contributed by atoms with E-state index in [4.69, 9.17) is 4.42 Å². The van der Waals surface area contributed by atoms with E-state index in [0.717, 1.165) is 0 Å². The van der Waals surface area contributed by atoms with Gasteiger partial charge in [-0.1, -0.05) is 30.3 Å². The molecule has 3 rings (SSSR count). The first-order valence-corrected chi connectivity index (χ1v) is 12.2. The van der Waals surface area contributed by atoms with Crippen LogP contribution in [0, 0.1) is 5.82 Å². The fraction of sp³-hybridized carbons (Fsp3) is 0.240. The number of hydrogen-bond acceptors (Lipinski definition) is 5. The highest BCUT2D eigenvalue weighted by atomic mass is 32.2. The molecular weight excluding hydrogens is 457 g/mol. The average molecular weight is 486 g/mol. The van der Waals surface area contributed by atoms with Crippen LogP contribution in [0.25, 0.3) is 6.08 Å². The molecule has 0 spiro atoms. The van der Waals surface area contributed by atoms with E-state index in [0.29, 0.717) is 30.0 Å². The Bertz CT molecular complexity index is 1210. The van der Waals surface area contributed by atoms with Crippen molar-refractivity contribution in [3.63, 3.8) is 0 Å². The van der Waals surface area contributed by atoms with Gasteiger partial charge in [-0.05, 0) is 56.1 Å². The molecule has 0 radical (unpaired) electrons. The minimum atomic E-state index is -3.70.